The molecule has 8 atom stereocenters. The maximum Gasteiger partial charge on any atom is 0.472 e. The summed E-state index contributed by atoms with van der Waals surface area (Å²) in [6.07, 6.45) is 23.7. The summed E-state index contributed by atoms with van der Waals surface area (Å²) in [7, 11) is -5.12. The molecule has 13 nitrogen and oxygen atoms in total. The van der Waals surface area contributed by atoms with E-state index in [1.165, 1.54) is 89.9 Å². The van der Waals surface area contributed by atoms with Gasteiger partial charge in [-0.05, 0) is 38.5 Å². The van der Waals surface area contributed by atoms with Crippen LogP contribution in [0.15, 0.2) is 24.3 Å². The number of hydrogen-bond donors (Lipinski definition) is 6. The molecule has 1 aliphatic carbocycles. The first kappa shape index (κ1) is 54.3. The lowest BCUT2D eigenvalue weighted by molar-refractivity contribution is -0.220. The number of unbranched alkanes of at least 4 members (excludes halogenated alkanes) is 22. The van der Waals surface area contributed by atoms with Gasteiger partial charge in [-0.3, -0.25) is 18.6 Å². The van der Waals surface area contributed by atoms with E-state index in [9.17, 15) is 44.6 Å². The van der Waals surface area contributed by atoms with Crippen LogP contribution in [0.2, 0.25) is 0 Å². The van der Waals surface area contributed by atoms with Crippen molar-refractivity contribution in [2.45, 2.75) is 230 Å². The highest BCUT2D eigenvalue weighted by Crippen LogP contribution is 2.47. The number of aliphatic hydroxyl groups excluding tert-OH is 5. The van der Waals surface area contributed by atoms with E-state index in [0.29, 0.717) is 12.8 Å². The molecule has 1 saturated carbocycles. The van der Waals surface area contributed by atoms with E-state index in [4.69, 9.17) is 18.5 Å². The van der Waals surface area contributed by atoms with Gasteiger partial charge in [0.15, 0.2) is 6.10 Å². The van der Waals surface area contributed by atoms with Gasteiger partial charge in [-0.1, -0.05) is 160 Å². The number of phosphoric ester groups is 1. The lowest BCUT2D eigenvalue weighted by atomic mass is 9.85. The predicted octanol–water partition coefficient (Wildman–Crippen LogP) is 8.45. The number of aliphatic hydroxyl groups is 5. The summed E-state index contributed by atoms with van der Waals surface area (Å²) in [6.45, 7) is 3.27. The molecule has 6 unspecified atom stereocenters. The Kier molecular flexibility index (Phi) is 32.8. The molecule has 6 N–H and O–H groups in total. The smallest absolute Gasteiger partial charge is 0.462 e. The number of carbonyl (C=O) groups excluding carboxylic acids is 2. The molecule has 1 aliphatic rings. The molecule has 0 saturated heterocycles. The average Bonchev–Trinajstić information content (AvgIpc) is 3.20. The van der Waals surface area contributed by atoms with Gasteiger partial charge >= 0.3 is 19.8 Å². The van der Waals surface area contributed by atoms with Crippen LogP contribution in [-0.2, 0) is 32.7 Å². The molecule has 0 radical (unpaired) electrons. The molecule has 58 heavy (non-hydrogen) atoms. The van der Waals surface area contributed by atoms with E-state index < -0.39 is 75.7 Å². The van der Waals surface area contributed by atoms with Crippen LogP contribution in [0.4, 0.5) is 0 Å². The van der Waals surface area contributed by atoms with Crippen LogP contribution < -0.4 is 0 Å². The molecule has 1 rings (SSSR count). The Labute approximate surface area is 349 Å². The van der Waals surface area contributed by atoms with Crippen molar-refractivity contribution in [2.75, 3.05) is 13.2 Å². The second-order valence-corrected chi connectivity index (χ2v) is 17.3. The number of ether oxygens (including phenoxy) is 2. The van der Waals surface area contributed by atoms with E-state index in [2.05, 4.69) is 38.2 Å². The van der Waals surface area contributed by atoms with Crippen molar-refractivity contribution in [2.24, 2.45) is 0 Å². The fourth-order valence-electron chi connectivity index (χ4n) is 6.87. The molecule has 0 spiro atoms. The highest BCUT2D eigenvalue weighted by atomic mass is 31.2. The molecule has 0 aromatic rings. The molecule has 0 heterocycles. The predicted molar refractivity (Wildman–Crippen MR) is 226 cm³/mol. The van der Waals surface area contributed by atoms with Crippen LogP contribution in [0.1, 0.15) is 187 Å². The van der Waals surface area contributed by atoms with Crippen molar-refractivity contribution >= 4 is 19.8 Å². The Morgan fingerprint density at radius 1 is 0.534 bits per heavy atom. The summed E-state index contributed by atoms with van der Waals surface area (Å²) in [5, 5.41) is 50.1. The van der Waals surface area contributed by atoms with Gasteiger partial charge in [-0.2, -0.15) is 0 Å². The highest BCUT2D eigenvalue weighted by molar-refractivity contribution is 7.47. The molecule has 0 aromatic carbocycles. The van der Waals surface area contributed by atoms with Gasteiger partial charge in [-0.15, -0.1) is 0 Å². The monoisotopic (exact) mass is 849 g/mol. The fraction of sp³-hybridized carbons (Fsp3) is 0.864. The zero-order valence-electron chi connectivity index (χ0n) is 35.8. The topological polar surface area (TPSA) is 210 Å². The minimum Gasteiger partial charge on any atom is -0.462 e. The number of esters is 2. The fourth-order valence-corrected chi connectivity index (χ4v) is 7.84. The van der Waals surface area contributed by atoms with Crippen molar-refractivity contribution in [3.63, 3.8) is 0 Å². The second-order valence-electron chi connectivity index (χ2n) is 15.9. The van der Waals surface area contributed by atoms with E-state index in [0.717, 1.165) is 57.8 Å². The Bertz CT molecular complexity index is 1120. The Hall–Kier alpha value is -1.67. The number of phosphoric acid groups is 1. The van der Waals surface area contributed by atoms with Crippen molar-refractivity contribution in [3.05, 3.63) is 24.3 Å². The van der Waals surface area contributed by atoms with Crippen LogP contribution in [0.25, 0.3) is 0 Å². The van der Waals surface area contributed by atoms with Gasteiger partial charge in [0, 0.05) is 12.8 Å². The van der Waals surface area contributed by atoms with Crippen molar-refractivity contribution in [1.82, 2.24) is 0 Å². The van der Waals surface area contributed by atoms with Crippen LogP contribution in [0.3, 0.4) is 0 Å². The highest BCUT2D eigenvalue weighted by Gasteiger charge is 2.51. The molecule has 340 valence electrons. The molecule has 1 fully saturated rings. The first-order chi connectivity index (χ1) is 27.9. The molecule has 0 aliphatic heterocycles. The lowest BCUT2D eigenvalue weighted by Gasteiger charge is -2.41. The van der Waals surface area contributed by atoms with Gasteiger partial charge in [0.25, 0.3) is 0 Å². The van der Waals surface area contributed by atoms with E-state index in [1.807, 2.05) is 0 Å². The first-order valence-electron chi connectivity index (χ1n) is 22.7. The van der Waals surface area contributed by atoms with E-state index >= 15 is 0 Å². The number of hydrogen-bond acceptors (Lipinski definition) is 12. The third-order valence-electron chi connectivity index (χ3n) is 10.6. The van der Waals surface area contributed by atoms with Gasteiger partial charge in [0.1, 0.15) is 43.2 Å². The second kappa shape index (κ2) is 35.0. The van der Waals surface area contributed by atoms with Crippen molar-refractivity contribution in [3.8, 4) is 0 Å². The summed E-state index contributed by atoms with van der Waals surface area (Å²) in [5.41, 5.74) is 0. The largest absolute Gasteiger partial charge is 0.472 e. The molecule has 0 aromatic heterocycles. The number of allylic oxidation sites excluding steroid dienone is 4. The van der Waals surface area contributed by atoms with Gasteiger partial charge in [0.2, 0.25) is 0 Å². The zero-order chi connectivity index (χ0) is 42.9. The van der Waals surface area contributed by atoms with Crippen LogP contribution in [0, 0.1) is 0 Å². The summed E-state index contributed by atoms with van der Waals surface area (Å²) in [4.78, 5) is 35.6. The summed E-state index contributed by atoms with van der Waals surface area (Å²) >= 11 is 0. The Morgan fingerprint density at radius 3 is 1.38 bits per heavy atom. The summed E-state index contributed by atoms with van der Waals surface area (Å²) < 4.78 is 33.5. The average molecular weight is 849 g/mol. The Balaban J connectivity index is 2.48. The Morgan fingerprint density at radius 2 is 0.914 bits per heavy atom. The standard InChI is InChI=1S/C44H81O13P/c1-3-5-7-9-11-13-15-17-19-21-23-25-27-29-31-33-38(46)56-36(35-55-58(52,53)57-44-42(50)40(48)39(47)41(49)43(44)51)34-54-37(45)32-30-28-26-24-22-20-18-16-14-12-10-8-6-4-2/h13,15,17,19,36,39-44,47-51H,3-12,14,16,18,20-35H2,1-2H3,(H,52,53)/b15-13+,19-17+/t36-,39?,40-,41?,42?,43?,44?/m0/s1. The number of carbonyl (C=O) groups is 2. The maximum atomic E-state index is 12.8. The van der Waals surface area contributed by atoms with Gasteiger partial charge in [0.05, 0.1) is 6.61 Å². The van der Waals surface area contributed by atoms with Crippen LogP contribution in [-0.4, -0.2) is 98.3 Å². The molecular formula is C44H81O13P. The minimum absolute atomic E-state index is 0.0816. The molecule has 14 heteroatoms. The molecule has 0 amide bonds. The van der Waals surface area contributed by atoms with Gasteiger partial charge in [-0.25, -0.2) is 4.57 Å². The zero-order valence-corrected chi connectivity index (χ0v) is 36.7. The van der Waals surface area contributed by atoms with E-state index in [1.54, 1.807) is 0 Å². The first-order valence-corrected chi connectivity index (χ1v) is 24.2. The van der Waals surface area contributed by atoms with Crippen LogP contribution in [0.5, 0.6) is 0 Å². The maximum absolute atomic E-state index is 12.8. The summed E-state index contributed by atoms with van der Waals surface area (Å²) in [5.74, 6) is -1.11. The van der Waals surface area contributed by atoms with Crippen molar-refractivity contribution in [1.29, 1.82) is 0 Å². The SMILES string of the molecule is CCCCCC/C=C/C=C/CCCCCCCC(=O)O[C@@H](COC(=O)CCCCCCCCCCCCCCCC)COP(=O)(O)OC1C(O)C(O)C(O)[C@H](O)C1O. The van der Waals surface area contributed by atoms with Crippen molar-refractivity contribution < 1.29 is 63.1 Å². The minimum atomic E-state index is -5.12. The normalized spacial score (nSPS) is 22.7. The third-order valence-corrected chi connectivity index (χ3v) is 11.6. The quantitative estimate of drug-likeness (QED) is 0.0150. The summed E-state index contributed by atoms with van der Waals surface area (Å²) in [6, 6.07) is 0. The lowest BCUT2D eigenvalue weighted by Crippen LogP contribution is -2.64. The van der Waals surface area contributed by atoms with Gasteiger partial charge < -0.3 is 39.9 Å². The number of rotatable bonds is 37. The third kappa shape index (κ3) is 27.2. The molecular weight excluding hydrogens is 767 g/mol. The van der Waals surface area contributed by atoms with Crippen LogP contribution >= 0.6 is 7.82 Å². The van der Waals surface area contributed by atoms with E-state index in [-0.39, 0.29) is 12.8 Å². The molecule has 0 bridgehead atoms.